The number of anilines is 1. The average molecular weight is 437 g/mol. The van der Waals surface area contributed by atoms with E-state index in [9.17, 15) is 15.1 Å². The van der Waals surface area contributed by atoms with Gasteiger partial charge in [0.2, 0.25) is 0 Å². The Morgan fingerprint density at radius 3 is 2.72 bits per heavy atom. The van der Waals surface area contributed by atoms with Crippen molar-refractivity contribution in [2.45, 2.75) is 37.3 Å². The first-order valence-corrected chi connectivity index (χ1v) is 10.2. The third-order valence-electron chi connectivity index (χ3n) is 5.89. The van der Waals surface area contributed by atoms with Crippen molar-refractivity contribution < 1.29 is 29.3 Å². The van der Waals surface area contributed by atoms with Crippen LogP contribution in [-0.4, -0.2) is 45.8 Å². The molecule has 3 aromatic rings. The number of nitrogens with one attached hydrogen (secondary N) is 1. The zero-order valence-corrected chi connectivity index (χ0v) is 17.9. The zero-order valence-electron chi connectivity index (χ0n) is 17.9. The minimum absolute atomic E-state index is 0.00500. The highest BCUT2D eigenvalue weighted by molar-refractivity contribution is 6.04. The lowest BCUT2D eigenvalue weighted by Gasteiger charge is -2.32. The smallest absolute Gasteiger partial charge is 0.417 e. The second-order valence-corrected chi connectivity index (χ2v) is 7.85. The number of benzene rings is 1. The lowest BCUT2D eigenvalue weighted by molar-refractivity contribution is -0.907. The lowest BCUT2D eigenvalue weighted by Crippen LogP contribution is -2.40. The summed E-state index contributed by atoms with van der Waals surface area (Å²) in [5, 5.41) is 28.7. The van der Waals surface area contributed by atoms with Gasteiger partial charge in [0.15, 0.2) is 0 Å². The number of methoxy groups -OCH3 is 2. The predicted molar refractivity (Wildman–Crippen MR) is 116 cm³/mol. The van der Waals surface area contributed by atoms with Crippen molar-refractivity contribution in [2.75, 3.05) is 19.5 Å². The molecule has 166 valence electrons. The maximum atomic E-state index is 12.8. The number of fused-ring (bicyclic) bond motifs is 1. The Morgan fingerprint density at radius 1 is 1.31 bits per heavy atom. The van der Waals surface area contributed by atoms with Crippen molar-refractivity contribution in [1.29, 1.82) is 0 Å². The molecular formula is C23H25N4O5+. The molecule has 0 aliphatic heterocycles. The maximum absolute atomic E-state index is 12.8. The second kappa shape index (κ2) is 8.40. The Bertz CT molecular complexity index is 1210. The van der Waals surface area contributed by atoms with Crippen LogP contribution in [0.15, 0.2) is 36.5 Å². The van der Waals surface area contributed by atoms with Crippen molar-refractivity contribution in [1.82, 2.24) is 9.78 Å². The molecule has 0 bridgehead atoms. The minimum atomic E-state index is -1.03. The normalized spacial score (nSPS) is 20.5. The Labute approximate surface area is 185 Å². The predicted octanol–water partition coefficient (Wildman–Crippen LogP) is 2.31. The zero-order chi connectivity index (χ0) is 22.9. The summed E-state index contributed by atoms with van der Waals surface area (Å²) < 4.78 is 13.1. The van der Waals surface area contributed by atoms with Crippen LogP contribution in [0.4, 0.5) is 5.69 Å². The molecule has 0 spiro atoms. The molecule has 2 heterocycles. The van der Waals surface area contributed by atoms with Gasteiger partial charge in [-0.15, -0.1) is 6.42 Å². The van der Waals surface area contributed by atoms with Gasteiger partial charge in [-0.2, -0.15) is 5.10 Å². The molecular weight excluding hydrogens is 412 g/mol. The Morgan fingerprint density at radius 2 is 2.06 bits per heavy atom. The standard InChI is InChI=1S/C23H24N4O5/c1-4-23(29)10-8-16(9-11-23)26-14-15-12-18(20(31-2)13-17(15)25-26)24-22(28)19-6-5-7-21(32-3)27(19)30/h1,5-7,12-14,16,29H,8-11H2,2-3H3,(H-,24,28,30)/p+1. The molecule has 1 fully saturated rings. The summed E-state index contributed by atoms with van der Waals surface area (Å²) in [6.45, 7) is 0. The number of ether oxygens (including phenoxy) is 2. The van der Waals surface area contributed by atoms with Gasteiger partial charge in [0.1, 0.15) is 11.4 Å². The number of hydrogen-bond acceptors (Lipinski definition) is 6. The minimum Gasteiger partial charge on any atom is -0.494 e. The van der Waals surface area contributed by atoms with Gasteiger partial charge in [-0.1, -0.05) is 5.92 Å². The fourth-order valence-corrected chi connectivity index (χ4v) is 4.01. The summed E-state index contributed by atoms with van der Waals surface area (Å²) in [6, 6.07) is 8.27. The van der Waals surface area contributed by atoms with E-state index in [0.29, 0.717) is 29.0 Å². The fourth-order valence-electron chi connectivity index (χ4n) is 4.01. The van der Waals surface area contributed by atoms with Crippen molar-refractivity contribution >= 4 is 22.5 Å². The van der Waals surface area contributed by atoms with Crippen LogP contribution in [0.25, 0.3) is 10.9 Å². The summed E-state index contributed by atoms with van der Waals surface area (Å²) in [4.78, 5) is 12.8. The van der Waals surface area contributed by atoms with Crippen molar-refractivity contribution in [3.63, 3.8) is 0 Å². The number of pyridine rings is 1. The van der Waals surface area contributed by atoms with Gasteiger partial charge in [-0.3, -0.25) is 14.7 Å². The van der Waals surface area contributed by atoms with E-state index >= 15 is 0 Å². The number of rotatable bonds is 5. The van der Waals surface area contributed by atoms with E-state index in [0.717, 1.165) is 23.7 Å². The highest BCUT2D eigenvalue weighted by Gasteiger charge is 2.32. The Balaban J connectivity index is 1.61. The largest absolute Gasteiger partial charge is 0.494 e. The number of amides is 1. The van der Waals surface area contributed by atoms with Gasteiger partial charge in [0.25, 0.3) is 0 Å². The van der Waals surface area contributed by atoms with Crippen LogP contribution in [0.3, 0.4) is 0 Å². The average Bonchev–Trinajstić information content (AvgIpc) is 3.21. The van der Waals surface area contributed by atoms with Gasteiger partial charge in [0.05, 0.1) is 42.3 Å². The lowest BCUT2D eigenvalue weighted by atomic mass is 9.83. The molecule has 0 radical (unpaired) electrons. The second-order valence-electron chi connectivity index (χ2n) is 7.85. The molecule has 4 rings (SSSR count). The number of carbonyl (C=O) groups excluding carboxylic acids is 1. The van der Waals surface area contributed by atoms with Crippen molar-refractivity contribution in [3.8, 4) is 24.0 Å². The molecule has 0 saturated heterocycles. The van der Waals surface area contributed by atoms with E-state index in [-0.39, 0.29) is 17.6 Å². The molecule has 0 atom stereocenters. The highest BCUT2D eigenvalue weighted by atomic mass is 16.5. The van der Waals surface area contributed by atoms with Gasteiger partial charge in [-0.25, -0.2) is 0 Å². The summed E-state index contributed by atoms with van der Waals surface area (Å²) in [6.07, 6.45) is 9.85. The topological polar surface area (TPSA) is 110 Å². The van der Waals surface area contributed by atoms with E-state index in [2.05, 4.69) is 16.3 Å². The molecule has 3 N–H and O–H groups in total. The van der Waals surface area contributed by atoms with Crippen LogP contribution < -0.4 is 19.5 Å². The van der Waals surface area contributed by atoms with Crippen LogP contribution in [0.1, 0.15) is 42.2 Å². The van der Waals surface area contributed by atoms with Gasteiger partial charge in [0, 0.05) is 23.7 Å². The van der Waals surface area contributed by atoms with E-state index in [1.807, 2.05) is 10.9 Å². The monoisotopic (exact) mass is 437 g/mol. The molecule has 1 saturated carbocycles. The van der Waals surface area contributed by atoms with Crippen molar-refractivity contribution in [2.24, 2.45) is 0 Å². The van der Waals surface area contributed by atoms with Gasteiger partial charge >= 0.3 is 17.5 Å². The van der Waals surface area contributed by atoms with E-state index in [1.54, 1.807) is 18.2 Å². The van der Waals surface area contributed by atoms with Gasteiger partial charge in [-0.05, 0) is 37.8 Å². The molecule has 1 aliphatic rings. The number of carbonyl (C=O) groups is 1. The van der Waals surface area contributed by atoms with E-state index < -0.39 is 11.5 Å². The Kier molecular flexibility index (Phi) is 5.63. The summed E-state index contributed by atoms with van der Waals surface area (Å²) >= 11 is 0. The van der Waals surface area contributed by atoms with Crippen LogP contribution in [0, 0.1) is 12.3 Å². The maximum Gasteiger partial charge on any atom is 0.417 e. The van der Waals surface area contributed by atoms with Crippen molar-refractivity contribution in [3.05, 3.63) is 42.2 Å². The third-order valence-corrected chi connectivity index (χ3v) is 5.89. The Hall–Kier alpha value is -3.77. The van der Waals surface area contributed by atoms with Crippen LogP contribution in [0.2, 0.25) is 0 Å². The van der Waals surface area contributed by atoms with Crippen LogP contribution in [-0.2, 0) is 0 Å². The molecule has 2 aromatic heterocycles. The number of aromatic nitrogens is 3. The molecule has 1 amide bonds. The number of nitrogens with zero attached hydrogens (tertiary/aromatic N) is 3. The first-order chi connectivity index (χ1) is 15.4. The molecule has 32 heavy (non-hydrogen) atoms. The SMILES string of the molecule is C#CC1(O)CCC(n2cc3cc(NC(=O)c4cccc(OC)[n+]4O)c(OC)cc3n2)CC1. The third kappa shape index (κ3) is 3.92. The molecule has 1 aliphatic carbocycles. The van der Waals surface area contributed by atoms with Crippen LogP contribution in [0.5, 0.6) is 11.6 Å². The number of aliphatic hydroxyl groups is 1. The molecule has 0 unspecified atom stereocenters. The van der Waals surface area contributed by atoms with Crippen LogP contribution >= 0.6 is 0 Å². The van der Waals surface area contributed by atoms with E-state index in [1.165, 1.54) is 26.4 Å². The van der Waals surface area contributed by atoms with E-state index in [4.69, 9.17) is 15.9 Å². The summed E-state index contributed by atoms with van der Waals surface area (Å²) in [5.41, 5.74) is 0.132. The summed E-state index contributed by atoms with van der Waals surface area (Å²) in [7, 11) is 2.91. The highest BCUT2D eigenvalue weighted by Crippen LogP contribution is 2.36. The first-order valence-electron chi connectivity index (χ1n) is 10.2. The quantitative estimate of drug-likeness (QED) is 0.321. The molecule has 9 nitrogen and oxygen atoms in total. The summed E-state index contributed by atoms with van der Waals surface area (Å²) in [5.74, 6) is 2.52. The number of hydrogen-bond donors (Lipinski definition) is 3. The fraction of sp³-hybridized carbons (Fsp3) is 0.348. The van der Waals surface area contributed by atoms with Gasteiger partial charge < -0.3 is 19.9 Å². The molecule has 1 aromatic carbocycles. The molecule has 9 heteroatoms. The number of terminal acetylenes is 1. The first kappa shape index (κ1) is 21.5.